The third-order valence-electron chi connectivity index (χ3n) is 2.30. The minimum atomic E-state index is -0.716. The summed E-state index contributed by atoms with van der Waals surface area (Å²) in [6, 6.07) is 4.86. The Bertz CT molecular complexity index is 462. The number of fused-ring (bicyclic) bond motifs is 1. The highest BCUT2D eigenvalue weighted by molar-refractivity contribution is 5.73. The fraction of sp³-hybridized carbons (Fsp3) is 0.250. The van der Waals surface area contributed by atoms with Crippen LogP contribution in [0.25, 0.3) is 5.57 Å². The topological polar surface area (TPSA) is 55.8 Å². The van der Waals surface area contributed by atoms with Gasteiger partial charge in [-0.05, 0) is 30.7 Å². The summed E-state index contributed by atoms with van der Waals surface area (Å²) in [7, 11) is 0. The van der Waals surface area contributed by atoms with Crippen LogP contribution in [0.3, 0.4) is 0 Å². The van der Waals surface area contributed by atoms with Crippen LogP contribution in [0.5, 0.6) is 11.5 Å². The molecule has 0 saturated carbocycles. The van der Waals surface area contributed by atoms with E-state index in [9.17, 15) is 9.90 Å². The van der Waals surface area contributed by atoms with Gasteiger partial charge in [0.1, 0.15) is 11.5 Å². The molecule has 2 rings (SSSR count). The number of carbonyl (C=O) groups is 1. The van der Waals surface area contributed by atoms with Crippen LogP contribution in [0.2, 0.25) is 0 Å². The van der Waals surface area contributed by atoms with Gasteiger partial charge in [0, 0.05) is 18.6 Å². The van der Waals surface area contributed by atoms with Gasteiger partial charge in [0.05, 0.1) is 0 Å². The largest absolute Gasteiger partial charge is 0.508 e. The highest BCUT2D eigenvalue weighted by Crippen LogP contribution is 2.34. The van der Waals surface area contributed by atoms with E-state index in [0.29, 0.717) is 5.75 Å². The molecule has 1 aromatic rings. The zero-order valence-electron chi connectivity index (χ0n) is 9.06. The third kappa shape index (κ3) is 2.00. The number of aromatic hydroxyl groups is 1. The van der Waals surface area contributed by atoms with Gasteiger partial charge in [-0.2, -0.15) is 0 Å². The first-order valence-corrected chi connectivity index (χ1v) is 4.92. The number of rotatable bonds is 1. The van der Waals surface area contributed by atoms with Gasteiger partial charge in [-0.25, -0.2) is 0 Å². The second-order valence-corrected chi connectivity index (χ2v) is 3.63. The van der Waals surface area contributed by atoms with Crippen molar-refractivity contribution in [3.05, 3.63) is 29.8 Å². The molecule has 0 aliphatic carbocycles. The number of benzene rings is 1. The van der Waals surface area contributed by atoms with Gasteiger partial charge in [0.25, 0.3) is 6.29 Å². The predicted molar refractivity (Wildman–Crippen MR) is 57.9 cm³/mol. The minimum Gasteiger partial charge on any atom is -0.508 e. The molecule has 1 aliphatic rings. The lowest BCUT2D eigenvalue weighted by Gasteiger charge is -2.23. The number of esters is 1. The van der Waals surface area contributed by atoms with E-state index >= 15 is 0 Å². The fourth-order valence-electron chi connectivity index (χ4n) is 1.61. The molecule has 1 N–H and O–H groups in total. The Balaban J connectivity index is 2.32. The van der Waals surface area contributed by atoms with Crippen LogP contribution in [0.4, 0.5) is 0 Å². The molecule has 0 unspecified atom stereocenters. The zero-order valence-corrected chi connectivity index (χ0v) is 9.06. The Hall–Kier alpha value is -1.97. The third-order valence-corrected chi connectivity index (χ3v) is 2.30. The predicted octanol–water partition coefficient (Wildman–Crippen LogP) is 2.08. The number of carbonyl (C=O) groups excluding carboxylic acids is 1. The molecule has 0 fully saturated rings. The Labute approximate surface area is 93.1 Å². The molecule has 1 heterocycles. The second-order valence-electron chi connectivity index (χ2n) is 3.63. The van der Waals surface area contributed by atoms with Crippen LogP contribution < -0.4 is 4.74 Å². The maximum atomic E-state index is 10.8. The van der Waals surface area contributed by atoms with Crippen molar-refractivity contribution >= 4 is 11.5 Å². The molecule has 0 amide bonds. The lowest BCUT2D eigenvalue weighted by atomic mass is 10.0. The van der Waals surface area contributed by atoms with Gasteiger partial charge < -0.3 is 14.6 Å². The molecular formula is C12H12O4. The normalized spacial score (nSPS) is 18.1. The smallest absolute Gasteiger partial charge is 0.305 e. The fourth-order valence-corrected chi connectivity index (χ4v) is 1.61. The van der Waals surface area contributed by atoms with Gasteiger partial charge in [0.2, 0.25) is 0 Å². The summed E-state index contributed by atoms with van der Waals surface area (Å²) in [5.74, 6) is 0.235. The van der Waals surface area contributed by atoms with Crippen LogP contribution in [0.1, 0.15) is 19.4 Å². The van der Waals surface area contributed by atoms with Crippen molar-refractivity contribution in [1.82, 2.24) is 0 Å². The first-order chi connectivity index (χ1) is 7.56. The van der Waals surface area contributed by atoms with E-state index in [1.807, 2.05) is 6.92 Å². The summed E-state index contributed by atoms with van der Waals surface area (Å²) in [5, 5.41) is 9.34. The maximum absolute atomic E-state index is 10.8. The van der Waals surface area contributed by atoms with Gasteiger partial charge >= 0.3 is 5.97 Å². The number of ether oxygens (including phenoxy) is 2. The van der Waals surface area contributed by atoms with E-state index in [2.05, 4.69) is 0 Å². The average molecular weight is 220 g/mol. The average Bonchev–Trinajstić information content (AvgIpc) is 2.15. The molecule has 0 bridgehead atoms. The first-order valence-electron chi connectivity index (χ1n) is 4.92. The zero-order chi connectivity index (χ0) is 11.7. The molecule has 4 heteroatoms. The van der Waals surface area contributed by atoms with Crippen molar-refractivity contribution in [2.45, 2.75) is 20.1 Å². The van der Waals surface area contributed by atoms with Crippen LogP contribution >= 0.6 is 0 Å². The second kappa shape index (κ2) is 3.89. The summed E-state index contributed by atoms with van der Waals surface area (Å²) >= 11 is 0. The Morgan fingerprint density at radius 3 is 2.94 bits per heavy atom. The molecular weight excluding hydrogens is 208 g/mol. The summed E-state index contributed by atoms with van der Waals surface area (Å²) < 4.78 is 10.4. The Morgan fingerprint density at radius 2 is 2.25 bits per heavy atom. The summed E-state index contributed by atoms with van der Waals surface area (Å²) in [6.45, 7) is 3.22. The van der Waals surface area contributed by atoms with Crippen LogP contribution in [0.15, 0.2) is 24.3 Å². The van der Waals surface area contributed by atoms with Crippen molar-refractivity contribution < 1.29 is 19.4 Å². The van der Waals surface area contributed by atoms with Crippen molar-refractivity contribution in [2.24, 2.45) is 0 Å². The Kier molecular flexibility index (Phi) is 2.56. The summed E-state index contributed by atoms with van der Waals surface area (Å²) in [6.07, 6.45) is 1.01. The molecule has 84 valence electrons. The highest BCUT2D eigenvalue weighted by atomic mass is 16.7. The van der Waals surface area contributed by atoms with E-state index in [1.165, 1.54) is 13.0 Å². The number of hydrogen-bond donors (Lipinski definition) is 1. The molecule has 1 aromatic carbocycles. The van der Waals surface area contributed by atoms with E-state index in [4.69, 9.17) is 9.47 Å². The molecule has 16 heavy (non-hydrogen) atoms. The van der Waals surface area contributed by atoms with E-state index in [1.54, 1.807) is 18.2 Å². The molecule has 0 spiro atoms. The molecule has 0 aromatic heterocycles. The van der Waals surface area contributed by atoms with Gasteiger partial charge in [0.15, 0.2) is 0 Å². The van der Waals surface area contributed by atoms with Crippen LogP contribution in [-0.2, 0) is 9.53 Å². The summed E-state index contributed by atoms with van der Waals surface area (Å²) in [5.41, 5.74) is 1.84. The number of hydrogen-bond acceptors (Lipinski definition) is 4. The number of allylic oxidation sites excluding steroid dienone is 1. The molecule has 1 atom stereocenters. The summed E-state index contributed by atoms with van der Waals surface area (Å²) in [4.78, 5) is 10.8. The van der Waals surface area contributed by atoms with Crippen LogP contribution in [-0.4, -0.2) is 17.4 Å². The lowest BCUT2D eigenvalue weighted by Crippen LogP contribution is -2.23. The molecule has 1 aliphatic heterocycles. The van der Waals surface area contributed by atoms with Crippen molar-refractivity contribution in [2.75, 3.05) is 0 Å². The minimum absolute atomic E-state index is 0.120. The van der Waals surface area contributed by atoms with E-state index in [-0.39, 0.29) is 5.75 Å². The molecule has 4 nitrogen and oxygen atoms in total. The lowest BCUT2D eigenvalue weighted by molar-refractivity contribution is -0.155. The first kappa shape index (κ1) is 10.5. The molecule has 0 saturated heterocycles. The van der Waals surface area contributed by atoms with Crippen LogP contribution in [0, 0.1) is 0 Å². The van der Waals surface area contributed by atoms with Crippen molar-refractivity contribution in [1.29, 1.82) is 0 Å². The van der Waals surface area contributed by atoms with Gasteiger partial charge in [-0.3, -0.25) is 4.79 Å². The van der Waals surface area contributed by atoms with E-state index in [0.717, 1.165) is 11.1 Å². The Morgan fingerprint density at radius 1 is 1.50 bits per heavy atom. The monoisotopic (exact) mass is 220 g/mol. The van der Waals surface area contributed by atoms with Crippen molar-refractivity contribution in [3.8, 4) is 11.5 Å². The maximum Gasteiger partial charge on any atom is 0.305 e. The van der Waals surface area contributed by atoms with Gasteiger partial charge in [-0.1, -0.05) is 0 Å². The number of phenolic OH excluding ortho intramolecular Hbond substituents is 1. The SMILES string of the molecule is CC(=O)O[C@H]1C=C(C)c2ccc(O)cc2O1. The van der Waals surface area contributed by atoms with E-state index < -0.39 is 12.3 Å². The quantitative estimate of drug-likeness (QED) is 0.736. The van der Waals surface area contributed by atoms with Gasteiger partial charge in [-0.15, -0.1) is 0 Å². The van der Waals surface area contributed by atoms with Crippen molar-refractivity contribution in [3.63, 3.8) is 0 Å². The highest BCUT2D eigenvalue weighted by Gasteiger charge is 2.20. The number of phenols is 1. The molecule has 0 radical (unpaired) electrons. The standard InChI is InChI=1S/C12H12O4/c1-7-5-12(15-8(2)13)16-11-6-9(14)3-4-10(7)11/h3-6,12,14H,1-2H3/t12-/m1/s1.